The van der Waals surface area contributed by atoms with Gasteiger partial charge in [0.05, 0.1) is 19.4 Å². The van der Waals surface area contributed by atoms with Crippen LogP contribution in [0.4, 0.5) is 5.82 Å². The number of aromatic nitrogens is 2. The molecule has 19 heavy (non-hydrogen) atoms. The molecule has 2 aliphatic heterocycles. The third-order valence-corrected chi connectivity index (χ3v) is 4.01. The molecule has 0 saturated carbocycles. The van der Waals surface area contributed by atoms with Gasteiger partial charge in [-0.3, -0.25) is 9.88 Å². The normalized spacial score (nSPS) is 25.5. The Hall–Kier alpha value is -1.20. The number of hydrogen-bond donors (Lipinski definition) is 0. The van der Waals surface area contributed by atoms with E-state index >= 15 is 0 Å². The van der Waals surface area contributed by atoms with Crippen LogP contribution in [-0.2, 0) is 4.74 Å². The predicted octanol–water partition coefficient (Wildman–Crippen LogP) is 1.03. The molecule has 2 aliphatic rings. The monoisotopic (exact) mass is 262 g/mol. The molecule has 3 rings (SSSR count). The molecule has 1 aromatic rings. The first-order valence-corrected chi connectivity index (χ1v) is 7.23. The largest absolute Gasteiger partial charge is 0.379 e. The van der Waals surface area contributed by atoms with Crippen LogP contribution in [0.1, 0.15) is 12.8 Å². The van der Waals surface area contributed by atoms with Crippen LogP contribution in [0.5, 0.6) is 0 Å². The van der Waals surface area contributed by atoms with Crippen LogP contribution in [0, 0.1) is 5.92 Å². The Morgan fingerprint density at radius 2 is 2.11 bits per heavy atom. The number of morpholine rings is 1. The Bertz CT molecular complexity index is 380. The Balaban J connectivity index is 1.55. The summed E-state index contributed by atoms with van der Waals surface area (Å²) in [6.45, 7) is 7.36. The molecule has 5 nitrogen and oxygen atoms in total. The van der Waals surface area contributed by atoms with Crippen molar-refractivity contribution in [2.24, 2.45) is 5.92 Å². The van der Waals surface area contributed by atoms with Gasteiger partial charge >= 0.3 is 0 Å². The van der Waals surface area contributed by atoms with Crippen molar-refractivity contribution in [2.75, 3.05) is 50.8 Å². The Kier molecular flexibility index (Phi) is 4.25. The van der Waals surface area contributed by atoms with E-state index in [0.29, 0.717) is 0 Å². The zero-order chi connectivity index (χ0) is 12.9. The van der Waals surface area contributed by atoms with Gasteiger partial charge in [0, 0.05) is 45.1 Å². The Morgan fingerprint density at radius 3 is 2.89 bits per heavy atom. The number of hydrogen-bond acceptors (Lipinski definition) is 5. The summed E-state index contributed by atoms with van der Waals surface area (Å²) < 4.78 is 5.41. The lowest BCUT2D eigenvalue weighted by molar-refractivity contribution is 0.0296. The van der Waals surface area contributed by atoms with Gasteiger partial charge in [0.2, 0.25) is 0 Å². The first-order chi connectivity index (χ1) is 9.42. The van der Waals surface area contributed by atoms with E-state index in [9.17, 15) is 0 Å². The highest BCUT2D eigenvalue weighted by Gasteiger charge is 2.23. The van der Waals surface area contributed by atoms with E-state index in [2.05, 4.69) is 19.8 Å². The molecule has 5 heteroatoms. The lowest BCUT2D eigenvalue weighted by Gasteiger charge is -2.37. The van der Waals surface area contributed by atoms with E-state index in [-0.39, 0.29) is 0 Å². The second-order valence-corrected chi connectivity index (χ2v) is 5.43. The van der Waals surface area contributed by atoms with Gasteiger partial charge in [-0.15, -0.1) is 0 Å². The molecule has 0 bridgehead atoms. The van der Waals surface area contributed by atoms with Crippen molar-refractivity contribution in [3.05, 3.63) is 18.6 Å². The maximum Gasteiger partial charge on any atom is 0.147 e. The maximum atomic E-state index is 5.41. The molecule has 0 aliphatic carbocycles. The average Bonchev–Trinajstić information content (AvgIpc) is 2.49. The molecule has 0 radical (unpaired) electrons. The summed E-state index contributed by atoms with van der Waals surface area (Å²) in [6, 6.07) is 0. The molecule has 1 atom stereocenters. The highest BCUT2D eigenvalue weighted by Crippen LogP contribution is 2.21. The molecule has 2 fully saturated rings. The quantitative estimate of drug-likeness (QED) is 0.813. The van der Waals surface area contributed by atoms with Crippen molar-refractivity contribution in [3.63, 3.8) is 0 Å². The molecule has 104 valence electrons. The first-order valence-electron chi connectivity index (χ1n) is 7.23. The number of ether oxygens (including phenoxy) is 1. The van der Waals surface area contributed by atoms with Crippen molar-refractivity contribution >= 4 is 5.82 Å². The van der Waals surface area contributed by atoms with Crippen LogP contribution in [0.2, 0.25) is 0 Å². The minimum atomic E-state index is 0.744. The lowest BCUT2D eigenvalue weighted by Crippen LogP contribution is -2.44. The summed E-state index contributed by atoms with van der Waals surface area (Å²) in [5.41, 5.74) is 0. The van der Waals surface area contributed by atoms with E-state index < -0.39 is 0 Å². The van der Waals surface area contributed by atoms with Crippen LogP contribution in [0.3, 0.4) is 0 Å². The highest BCUT2D eigenvalue weighted by atomic mass is 16.5. The fraction of sp³-hybridized carbons (Fsp3) is 0.714. The molecule has 0 N–H and O–H groups in total. The summed E-state index contributed by atoms with van der Waals surface area (Å²) in [6.07, 6.45) is 7.97. The Morgan fingerprint density at radius 1 is 1.21 bits per heavy atom. The minimum Gasteiger partial charge on any atom is -0.379 e. The summed E-state index contributed by atoms with van der Waals surface area (Å²) in [7, 11) is 0. The van der Waals surface area contributed by atoms with Gasteiger partial charge < -0.3 is 9.64 Å². The van der Waals surface area contributed by atoms with Gasteiger partial charge in [-0.2, -0.15) is 0 Å². The van der Waals surface area contributed by atoms with Crippen LogP contribution in [0.15, 0.2) is 18.6 Å². The van der Waals surface area contributed by atoms with Crippen molar-refractivity contribution < 1.29 is 4.74 Å². The predicted molar refractivity (Wildman–Crippen MR) is 74.2 cm³/mol. The van der Waals surface area contributed by atoms with Gasteiger partial charge in [-0.05, 0) is 18.8 Å². The highest BCUT2D eigenvalue weighted by molar-refractivity contribution is 5.35. The van der Waals surface area contributed by atoms with Crippen molar-refractivity contribution in [1.82, 2.24) is 14.9 Å². The summed E-state index contributed by atoms with van der Waals surface area (Å²) in [4.78, 5) is 13.5. The van der Waals surface area contributed by atoms with E-state index in [4.69, 9.17) is 4.74 Å². The second-order valence-electron chi connectivity index (χ2n) is 5.43. The van der Waals surface area contributed by atoms with E-state index in [1.54, 1.807) is 12.4 Å². The number of piperidine rings is 1. The molecule has 0 amide bonds. The van der Waals surface area contributed by atoms with Gasteiger partial charge in [-0.25, -0.2) is 4.98 Å². The standard InChI is InChI=1S/C14H22N4O/c1-2-13(11-17-6-8-19-9-7-17)12-18(5-1)14-10-15-3-4-16-14/h3-4,10,13H,1-2,5-9,11-12H2. The summed E-state index contributed by atoms with van der Waals surface area (Å²) in [5.74, 6) is 1.77. The summed E-state index contributed by atoms with van der Waals surface area (Å²) >= 11 is 0. The molecular weight excluding hydrogens is 240 g/mol. The van der Waals surface area contributed by atoms with Gasteiger partial charge in [-0.1, -0.05) is 0 Å². The fourth-order valence-electron chi connectivity index (χ4n) is 3.03. The van der Waals surface area contributed by atoms with E-state index in [1.807, 2.05) is 6.20 Å². The SMILES string of the molecule is c1cnc(N2CCCC(CN3CCOCC3)C2)cn1. The molecule has 1 unspecified atom stereocenters. The smallest absolute Gasteiger partial charge is 0.147 e. The minimum absolute atomic E-state index is 0.744. The van der Waals surface area contributed by atoms with Crippen LogP contribution >= 0.6 is 0 Å². The van der Waals surface area contributed by atoms with E-state index in [0.717, 1.165) is 51.1 Å². The average molecular weight is 262 g/mol. The number of rotatable bonds is 3. The number of nitrogens with zero attached hydrogens (tertiary/aromatic N) is 4. The van der Waals surface area contributed by atoms with E-state index in [1.165, 1.54) is 19.4 Å². The maximum absolute atomic E-state index is 5.41. The molecule has 0 spiro atoms. The van der Waals surface area contributed by atoms with Crippen LogP contribution in [0.25, 0.3) is 0 Å². The molecule has 2 saturated heterocycles. The van der Waals surface area contributed by atoms with Gasteiger partial charge in [0.15, 0.2) is 0 Å². The second kappa shape index (κ2) is 6.30. The van der Waals surface area contributed by atoms with Crippen LogP contribution in [-0.4, -0.2) is 60.8 Å². The van der Waals surface area contributed by atoms with Crippen molar-refractivity contribution in [3.8, 4) is 0 Å². The number of anilines is 1. The topological polar surface area (TPSA) is 41.5 Å². The lowest BCUT2D eigenvalue weighted by atomic mass is 9.97. The van der Waals surface area contributed by atoms with Crippen LogP contribution < -0.4 is 4.90 Å². The Labute approximate surface area is 114 Å². The zero-order valence-electron chi connectivity index (χ0n) is 11.4. The van der Waals surface area contributed by atoms with Crippen molar-refractivity contribution in [1.29, 1.82) is 0 Å². The zero-order valence-corrected chi connectivity index (χ0v) is 11.4. The summed E-state index contributed by atoms with van der Waals surface area (Å²) in [5, 5.41) is 0. The first kappa shape index (κ1) is 12.8. The third kappa shape index (κ3) is 3.42. The van der Waals surface area contributed by atoms with Gasteiger partial charge in [0.1, 0.15) is 5.82 Å². The molecule has 1 aromatic heterocycles. The fourth-order valence-corrected chi connectivity index (χ4v) is 3.03. The third-order valence-electron chi connectivity index (χ3n) is 4.01. The van der Waals surface area contributed by atoms with Gasteiger partial charge in [0.25, 0.3) is 0 Å². The molecule has 0 aromatic carbocycles. The van der Waals surface area contributed by atoms with Crippen molar-refractivity contribution in [2.45, 2.75) is 12.8 Å². The molecular formula is C14H22N4O. The molecule has 3 heterocycles.